The van der Waals surface area contributed by atoms with Crippen LogP contribution < -0.4 is 4.74 Å². The minimum Gasteiger partial charge on any atom is -0.434 e. The summed E-state index contributed by atoms with van der Waals surface area (Å²) in [5.41, 5.74) is 0.466. The number of rotatable bonds is 5. The van der Waals surface area contributed by atoms with Gasteiger partial charge in [0, 0.05) is 29.2 Å². The van der Waals surface area contributed by atoms with Crippen molar-refractivity contribution in [3.05, 3.63) is 28.8 Å². The van der Waals surface area contributed by atoms with E-state index in [0.29, 0.717) is 23.0 Å². The number of alkyl halides is 2. The van der Waals surface area contributed by atoms with Crippen LogP contribution in [-0.2, 0) is 6.54 Å². The molecule has 0 radical (unpaired) electrons. The third-order valence-electron chi connectivity index (χ3n) is 4.38. The van der Waals surface area contributed by atoms with E-state index in [-0.39, 0.29) is 17.9 Å². The molecule has 1 N–H and O–H groups in total. The van der Waals surface area contributed by atoms with Gasteiger partial charge in [0.1, 0.15) is 5.75 Å². The minimum absolute atomic E-state index is 0.106. The molecular formula is C14H16ClF2NO2. The molecule has 0 atom stereocenters. The standard InChI is InChI=1S/C14H16ClF2NO2/c15-11-1-2-12(20-13(16)17)10(3-11)7-18-6-9-4-14(18,5-9)8-19/h1-3,9,13,19H,4-8H2. The highest BCUT2D eigenvalue weighted by Crippen LogP contribution is 2.51. The van der Waals surface area contributed by atoms with Crippen LogP contribution in [0, 0.1) is 5.92 Å². The molecule has 0 spiro atoms. The van der Waals surface area contributed by atoms with Crippen molar-refractivity contribution in [3.8, 4) is 5.75 Å². The van der Waals surface area contributed by atoms with E-state index in [1.54, 1.807) is 6.07 Å². The summed E-state index contributed by atoms with van der Waals surface area (Å²) in [6, 6.07) is 4.66. The first-order valence-electron chi connectivity index (χ1n) is 6.61. The quantitative estimate of drug-likeness (QED) is 0.908. The fraction of sp³-hybridized carbons (Fsp3) is 0.571. The normalized spacial score (nSPS) is 28.8. The fourth-order valence-electron chi connectivity index (χ4n) is 3.46. The first kappa shape index (κ1) is 14.0. The molecule has 2 heterocycles. The summed E-state index contributed by atoms with van der Waals surface area (Å²) in [6.45, 7) is -1.38. The Morgan fingerprint density at radius 3 is 2.85 bits per heavy atom. The van der Waals surface area contributed by atoms with Crippen molar-refractivity contribution in [1.82, 2.24) is 4.90 Å². The molecule has 0 aromatic heterocycles. The van der Waals surface area contributed by atoms with Crippen LogP contribution in [0.3, 0.4) is 0 Å². The van der Waals surface area contributed by atoms with Crippen LogP contribution in [0.15, 0.2) is 18.2 Å². The Labute approximate surface area is 121 Å². The summed E-state index contributed by atoms with van der Waals surface area (Å²) in [6.07, 6.45) is 1.96. The van der Waals surface area contributed by atoms with Crippen LogP contribution in [0.4, 0.5) is 8.78 Å². The number of hydrogen-bond acceptors (Lipinski definition) is 3. The molecule has 1 aromatic rings. The highest BCUT2D eigenvalue weighted by Gasteiger charge is 2.55. The van der Waals surface area contributed by atoms with Gasteiger partial charge in [-0.1, -0.05) is 11.6 Å². The zero-order chi connectivity index (χ0) is 14.3. The second-order valence-corrected chi connectivity index (χ2v) is 6.10. The first-order chi connectivity index (χ1) is 9.52. The monoisotopic (exact) mass is 303 g/mol. The van der Waals surface area contributed by atoms with E-state index in [4.69, 9.17) is 11.6 Å². The van der Waals surface area contributed by atoms with Crippen LogP contribution in [-0.4, -0.2) is 35.3 Å². The van der Waals surface area contributed by atoms with Crippen molar-refractivity contribution >= 4 is 11.6 Å². The number of fused-ring (bicyclic) bond motifs is 1. The van der Waals surface area contributed by atoms with Gasteiger partial charge in [0.15, 0.2) is 0 Å². The van der Waals surface area contributed by atoms with Gasteiger partial charge in [-0.25, -0.2) is 0 Å². The third-order valence-corrected chi connectivity index (χ3v) is 4.62. The second kappa shape index (κ2) is 5.13. The van der Waals surface area contributed by atoms with Gasteiger partial charge in [-0.3, -0.25) is 4.90 Å². The Hall–Kier alpha value is -0.910. The van der Waals surface area contributed by atoms with Crippen LogP contribution in [0.25, 0.3) is 0 Å². The summed E-state index contributed by atoms with van der Waals surface area (Å²) in [7, 11) is 0. The number of aliphatic hydroxyl groups is 1. The zero-order valence-electron chi connectivity index (χ0n) is 10.9. The topological polar surface area (TPSA) is 32.7 Å². The Morgan fingerprint density at radius 2 is 2.20 bits per heavy atom. The maximum absolute atomic E-state index is 12.4. The van der Waals surface area contributed by atoms with Gasteiger partial charge in [-0.15, -0.1) is 0 Å². The summed E-state index contributed by atoms with van der Waals surface area (Å²) in [5, 5.41) is 10.1. The van der Waals surface area contributed by atoms with E-state index in [0.717, 1.165) is 19.4 Å². The van der Waals surface area contributed by atoms with Gasteiger partial charge in [-0.2, -0.15) is 8.78 Å². The van der Waals surface area contributed by atoms with Gasteiger partial charge in [0.25, 0.3) is 0 Å². The molecule has 1 aromatic carbocycles. The van der Waals surface area contributed by atoms with Gasteiger partial charge in [0.05, 0.1) is 6.61 Å². The number of hydrogen-bond donors (Lipinski definition) is 1. The maximum atomic E-state index is 12.4. The molecule has 110 valence electrons. The summed E-state index contributed by atoms with van der Waals surface area (Å²) >= 11 is 5.94. The van der Waals surface area contributed by atoms with Crippen molar-refractivity contribution in [1.29, 1.82) is 0 Å². The van der Waals surface area contributed by atoms with Crippen LogP contribution in [0.1, 0.15) is 18.4 Å². The molecule has 2 aliphatic heterocycles. The van der Waals surface area contributed by atoms with E-state index in [1.165, 1.54) is 12.1 Å². The molecule has 0 unspecified atom stereocenters. The van der Waals surface area contributed by atoms with Crippen molar-refractivity contribution < 1.29 is 18.6 Å². The lowest BCUT2D eigenvalue weighted by molar-refractivity contribution is -0.0511. The number of benzene rings is 1. The SMILES string of the molecule is OCC12CC(CN1Cc1cc(Cl)ccc1OC(F)F)C2. The van der Waals surface area contributed by atoms with Crippen molar-refractivity contribution in [3.63, 3.8) is 0 Å². The summed E-state index contributed by atoms with van der Waals surface area (Å²) < 4.78 is 29.4. The molecular weight excluding hydrogens is 288 g/mol. The lowest BCUT2D eigenvalue weighted by Crippen LogP contribution is -2.48. The van der Waals surface area contributed by atoms with E-state index in [9.17, 15) is 13.9 Å². The molecule has 4 rings (SSSR count). The van der Waals surface area contributed by atoms with Crippen LogP contribution in [0.2, 0.25) is 5.02 Å². The Kier molecular flexibility index (Phi) is 3.60. The minimum atomic E-state index is -2.85. The Balaban J connectivity index is 1.81. The third kappa shape index (κ3) is 2.38. The highest BCUT2D eigenvalue weighted by molar-refractivity contribution is 6.30. The van der Waals surface area contributed by atoms with Gasteiger partial charge in [0.2, 0.25) is 0 Å². The molecule has 6 heteroatoms. The van der Waals surface area contributed by atoms with E-state index in [2.05, 4.69) is 9.64 Å². The number of halogens is 3. The lowest BCUT2D eigenvalue weighted by Gasteiger charge is -2.41. The largest absolute Gasteiger partial charge is 0.434 e. The van der Waals surface area contributed by atoms with Crippen molar-refractivity contribution in [2.24, 2.45) is 5.92 Å². The van der Waals surface area contributed by atoms with E-state index in [1.807, 2.05) is 0 Å². The predicted octanol–water partition coefficient (Wildman–Crippen LogP) is 2.90. The van der Waals surface area contributed by atoms with Gasteiger partial charge >= 0.3 is 6.61 Å². The van der Waals surface area contributed by atoms with Crippen molar-refractivity contribution in [2.45, 2.75) is 31.5 Å². The molecule has 1 aliphatic carbocycles. The summed E-state index contributed by atoms with van der Waals surface area (Å²) in [5.74, 6) is 0.766. The van der Waals surface area contributed by atoms with Crippen molar-refractivity contribution in [2.75, 3.05) is 13.2 Å². The number of nitrogens with zero attached hydrogens (tertiary/aromatic N) is 1. The molecule has 20 heavy (non-hydrogen) atoms. The van der Waals surface area contributed by atoms with Crippen LogP contribution in [0.5, 0.6) is 5.75 Å². The molecule has 2 saturated heterocycles. The van der Waals surface area contributed by atoms with Crippen LogP contribution >= 0.6 is 11.6 Å². The molecule has 0 amide bonds. The average Bonchev–Trinajstić information content (AvgIpc) is 2.85. The number of aliphatic hydroxyl groups excluding tert-OH is 1. The first-order valence-corrected chi connectivity index (χ1v) is 6.99. The molecule has 3 fully saturated rings. The highest BCUT2D eigenvalue weighted by atomic mass is 35.5. The number of ether oxygens (including phenoxy) is 1. The fourth-order valence-corrected chi connectivity index (χ4v) is 3.65. The summed E-state index contributed by atoms with van der Waals surface area (Å²) in [4.78, 5) is 2.15. The van der Waals surface area contributed by atoms with E-state index >= 15 is 0 Å². The molecule has 2 bridgehead atoms. The second-order valence-electron chi connectivity index (χ2n) is 5.67. The Morgan fingerprint density at radius 1 is 1.45 bits per heavy atom. The average molecular weight is 304 g/mol. The van der Waals surface area contributed by atoms with Gasteiger partial charge < -0.3 is 9.84 Å². The maximum Gasteiger partial charge on any atom is 0.387 e. The predicted molar refractivity (Wildman–Crippen MR) is 71.0 cm³/mol. The van der Waals surface area contributed by atoms with E-state index < -0.39 is 6.61 Å². The Bertz CT molecular complexity index is 506. The lowest BCUT2D eigenvalue weighted by atomic mass is 9.74. The zero-order valence-corrected chi connectivity index (χ0v) is 11.6. The molecule has 1 saturated carbocycles. The van der Waals surface area contributed by atoms with Gasteiger partial charge in [-0.05, 0) is 37.0 Å². The molecule has 3 nitrogen and oxygen atoms in total. The molecule has 3 aliphatic rings. The smallest absolute Gasteiger partial charge is 0.387 e.